The van der Waals surface area contributed by atoms with Gasteiger partial charge in [-0.15, -0.1) is 0 Å². The van der Waals surface area contributed by atoms with Crippen LogP contribution in [0, 0.1) is 0 Å². The predicted molar refractivity (Wildman–Crippen MR) is 107 cm³/mol. The van der Waals surface area contributed by atoms with Crippen LogP contribution in [0.2, 0.25) is 10.0 Å². The summed E-state index contributed by atoms with van der Waals surface area (Å²) in [6, 6.07) is 19.4. The molecule has 0 bridgehead atoms. The number of methoxy groups -OCH3 is 1. The number of hydrogen-bond acceptors (Lipinski definition) is 2. The maximum atomic E-state index is 10.8. The van der Waals surface area contributed by atoms with E-state index in [1.807, 2.05) is 60.7 Å². The number of benzene rings is 3. The van der Waals surface area contributed by atoms with Gasteiger partial charge in [0, 0.05) is 30.0 Å². The van der Waals surface area contributed by atoms with Gasteiger partial charge in [-0.25, -0.2) is 0 Å². The van der Waals surface area contributed by atoms with Crippen LogP contribution >= 0.6 is 23.2 Å². The van der Waals surface area contributed by atoms with Crippen molar-refractivity contribution in [2.45, 2.75) is 19.4 Å². The molecule has 0 radical (unpaired) electrons. The van der Waals surface area contributed by atoms with Gasteiger partial charge in [-0.3, -0.25) is 0 Å². The molecule has 134 valence electrons. The molecule has 0 aromatic heterocycles. The number of aromatic hydroxyl groups is 1. The Morgan fingerprint density at radius 3 is 1.54 bits per heavy atom. The molecule has 3 aromatic carbocycles. The molecule has 3 rings (SSSR count). The standard InChI is InChI=1S/C22H20Cl2O2/c1-26-14-17-12-18(10-15-2-6-20(23)7-3-15)22(25)19(13-17)11-16-4-8-21(24)9-5-16/h2-9,12-13,25H,10-11,14H2,1H3. The SMILES string of the molecule is COCc1cc(Cc2ccc(Cl)cc2)c(O)c(Cc2ccc(Cl)cc2)c1. The summed E-state index contributed by atoms with van der Waals surface area (Å²) in [6.07, 6.45) is 1.27. The van der Waals surface area contributed by atoms with Gasteiger partial charge in [0.15, 0.2) is 0 Å². The maximum absolute atomic E-state index is 10.8. The smallest absolute Gasteiger partial charge is 0.122 e. The second kappa shape index (κ2) is 8.59. The fourth-order valence-corrected chi connectivity index (χ4v) is 3.25. The number of halogens is 2. The molecule has 0 aliphatic rings. The Morgan fingerprint density at radius 2 is 1.15 bits per heavy atom. The minimum absolute atomic E-state index is 0.328. The number of ether oxygens (including phenoxy) is 1. The first-order valence-electron chi connectivity index (χ1n) is 8.36. The highest BCUT2D eigenvalue weighted by atomic mass is 35.5. The van der Waals surface area contributed by atoms with Crippen molar-refractivity contribution in [3.63, 3.8) is 0 Å². The lowest BCUT2D eigenvalue weighted by molar-refractivity contribution is 0.184. The molecule has 0 amide bonds. The zero-order valence-corrected chi connectivity index (χ0v) is 16.0. The Bertz CT molecular complexity index is 803. The zero-order chi connectivity index (χ0) is 18.5. The summed E-state index contributed by atoms with van der Waals surface area (Å²) in [5.74, 6) is 0.328. The Kier molecular flexibility index (Phi) is 6.20. The van der Waals surface area contributed by atoms with Crippen LogP contribution in [-0.2, 0) is 24.2 Å². The van der Waals surface area contributed by atoms with Crippen LogP contribution in [0.4, 0.5) is 0 Å². The van der Waals surface area contributed by atoms with Crippen molar-refractivity contribution in [3.8, 4) is 5.75 Å². The van der Waals surface area contributed by atoms with Gasteiger partial charge in [0.25, 0.3) is 0 Å². The second-order valence-corrected chi connectivity index (χ2v) is 7.18. The highest BCUT2D eigenvalue weighted by Gasteiger charge is 2.12. The Labute approximate surface area is 164 Å². The third kappa shape index (κ3) is 4.79. The molecule has 0 saturated carbocycles. The van der Waals surface area contributed by atoms with E-state index in [9.17, 15) is 5.11 Å². The fourth-order valence-electron chi connectivity index (χ4n) is 3.00. The summed E-state index contributed by atoms with van der Waals surface area (Å²) in [5.41, 5.74) is 4.99. The third-order valence-electron chi connectivity index (χ3n) is 4.25. The van der Waals surface area contributed by atoms with E-state index < -0.39 is 0 Å². The average Bonchev–Trinajstić information content (AvgIpc) is 2.63. The van der Waals surface area contributed by atoms with E-state index in [1.165, 1.54) is 0 Å². The molecule has 0 saturated heterocycles. The molecular weight excluding hydrogens is 367 g/mol. The quantitative estimate of drug-likeness (QED) is 0.560. The highest BCUT2D eigenvalue weighted by molar-refractivity contribution is 6.30. The number of phenols is 1. The van der Waals surface area contributed by atoms with Gasteiger partial charge < -0.3 is 9.84 Å². The molecule has 0 unspecified atom stereocenters. The minimum Gasteiger partial charge on any atom is -0.507 e. The maximum Gasteiger partial charge on any atom is 0.122 e. The van der Waals surface area contributed by atoms with Gasteiger partial charge in [0.2, 0.25) is 0 Å². The number of rotatable bonds is 6. The Morgan fingerprint density at radius 1 is 0.731 bits per heavy atom. The summed E-state index contributed by atoms with van der Waals surface area (Å²) in [6.45, 7) is 0.502. The number of phenolic OH excluding ortho intramolecular Hbond substituents is 1. The molecular formula is C22H20Cl2O2. The van der Waals surface area contributed by atoms with E-state index >= 15 is 0 Å². The van der Waals surface area contributed by atoms with E-state index in [-0.39, 0.29) is 0 Å². The molecule has 26 heavy (non-hydrogen) atoms. The molecule has 0 atom stereocenters. The highest BCUT2D eigenvalue weighted by Crippen LogP contribution is 2.30. The summed E-state index contributed by atoms with van der Waals surface area (Å²) >= 11 is 11.9. The molecule has 1 N–H and O–H groups in total. The topological polar surface area (TPSA) is 29.5 Å². The molecule has 3 aromatic rings. The summed E-state index contributed by atoms with van der Waals surface area (Å²) in [7, 11) is 1.67. The van der Waals surface area contributed by atoms with Crippen molar-refractivity contribution in [3.05, 3.63) is 98.5 Å². The van der Waals surface area contributed by atoms with Crippen LogP contribution < -0.4 is 0 Å². The van der Waals surface area contributed by atoms with Gasteiger partial charge in [0.1, 0.15) is 5.75 Å². The van der Waals surface area contributed by atoms with Crippen molar-refractivity contribution < 1.29 is 9.84 Å². The molecule has 0 fully saturated rings. The average molecular weight is 387 g/mol. The van der Waals surface area contributed by atoms with E-state index in [0.717, 1.165) is 27.8 Å². The van der Waals surface area contributed by atoms with E-state index in [1.54, 1.807) is 7.11 Å². The van der Waals surface area contributed by atoms with Gasteiger partial charge in [-0.2, -0.15) is 0 Å². The van der Waals surface area contributed by atoms with Crippen molar-refractivity contribution in [1.82, 2.24) is 0 Å². The van der Waals surface area contributed by atoms with Crippen LogP contribution in [0.25, 0.3) is 0 Å². The molecule has 2 nitrogen and oxygen atoms in total. The molecule has 0 aliphatic carbocycles. The van der Waals surface area contributed by atoms with E-state index in [2.05, 4.69) is 0 Å². The van der Waals surface area contributed by atoms with E-state index in [0.29, 0.717) is 35.2 Å². The van der Waals surface area contributed by atoms with Crippen molar-refractivity contribution >= 4 is 23.2 Å². The van der Waals surface area contributed by atoms with Crippen LogP contribution in [0.15, 0.2) is 60.7 Å². The summed E-state index contributed by atoms with van der Waals surface area (Å²) in [5, 5.41) is 12.2. The van der Waals surface area contributed by atoms with Crippen molar-refractivity contribution in [2.75, 3.05) is 7.11 Å². The predicted octanol–water partition coefficient (Wildman–Crippen LogP) is 6.03. The largest absolute Gasteiger partial charge is 0.507 e. The van der Waals surface area contributed by atoms with Crippen molar-refractivity contribution in [1.29, 1.82) is 0 Å². The summed E-state index contributed by atoms with van der Waals surface area (Å²) < 4.78 is 5.29. The first-order valence-corrected chi connectivity index (χ1v) is 9.12. The normalized spacial score (nSPS) is 10.9. The summed E-state index contributed by atoms with van der Waals surface area (Å²) in [4.78, 5) is 0. The molecule has 0 heterocycles. The van der Waals surface area contributed by atoms with Gasteiger partial charge in [0.05, 0.1) is 6.61 Å². The van der Waals surface area contributed by atoms with Crippen LogP contribution in [0.5, 0.6) is 5.75 Å². The van der Waals surface area contributed by atoms with E-state index in [4.69, 9.17) is 27.9 Å². The van der Waals surface area contributed by atoms with Gasteiger partial charge in [-0.1, -0.05) is 47.5 Å². The third-order valence-corrected chi connectivity index (χ3v) is 4.76. The molecule has 0 spiro atoms. The van der Waals surface area contributed by atoms with Crippen LogP contribution in [0.3, 0.4) is 0 Å². The van der Waals surface area contributed by atoms with Crippen molar-refractivity contribution in [2.24, 2.45) is 0 Å². The minimum atomic E-state index is 0.328. The first kappa shape index (κ1) is 18.8. The second-order valence-electron chi connectivity index (χ2n) is 6.30. The number of hydrogen-bond donors (Lipinski definition) is 1. The lowest BCUT2D eigenvalue weighted by atomic mass is 9.95. The Hall–Kier alpha value is -2.00. The fraction of sp³-hybridized carbons (Fsp3) is 0.182. The lowest BCUT2D eigenvalue weighted by Gasteiger charge is -2.14. The monoisotopic (exact) mass is 386 g/mol. The van der Waals surface area contributed by atoms with Gasteiger partial charge >= 0.3 is 0 Å². The van der Waals surface area contributed by atoms with Crippen LogP contribution in [0.1, 0.15) is 27.8 Å². The lowest BCUT2D eigenvalue weighted by Crippen LogP contribution is -1.99. The van der Waals surface area contributed by atoms with Crippen LogP contribution in [-0.4, -0.2) is 12.2 Å². The Balaban J connectivity index is 1.93. The van der Waals surface area contributed by atoms with Gasteiger partial charge in [-0.05, 0) is 64.2 Å². The first-order chi connectivity index (χ1) is 12.5. The molecule has 0 aliphatic heterocycles. The molecule has 4 heteroatoms. The zero-order valence-electron chi connectivity index (χ0n) is 14.5.